The lowest BCUT2D eigenvalue weighted by Crippen LogP contribution is -2.24. The van der Waals surface area contributed by atoms with Crippen molar-refractivity contribution < 1.29 is 9.53 Å². The van der Waals surface area contributed by atoms with E-state index in [1.54, 1.807) is 6.21 Å². The molecule has 0 bridgehead atoms. The Morgan fingerprint density at radius 3 is 2.77 bits per heavy atom. The second-order valence-electron chi connectivity index (χ2n) is 4.26. The fraction of sp³-hybridized carbons (Fsp3) is 0.143. The van der Waals surface area contributed by atoms with Crippen molar-refractivity contribution in [2.75, 3.05) is 6.61 Å². The summed E-state index contributed by atoms with van der Waals surface area (Å²) in [6.45, 7) is 1.81. The van der Waals surface area contributed by atoms with E-state index in [-0.39, 0.29) is 12.5 Å². The number of amides is 1. The van der Waals surface area contributed by atoms with E-state index in [0.29, 0.717) is 5.75 Å². The number of hydrogen-bond acceptors (Lipinski definition) is 4. The van der Waals surface area contributed by atoms with Crippen LogP contribution in [0.25, 0.3) is 0 Å². The van der Waals surface area contributed by atoms with Gasteiger partial charge in [0.15, 0.2) is 6.61 Å². The van der Waals surface area contributed by atoms with E-state index in [2.05, 4.69) is 58.3 Å². The fourth-order valence-corrected chi connectivity index (χ4v) is 4.46. The zero-order valence-electron chi connectivity index (χ0n) is 11.4. The van der Waals surface area contributed by atoms with Crippen LogP contribution in [-0.4, -0.2) is 18.7 Å². The van der Waals surface area contributed by atoms with Gasteiger partial charge in [-0.05, 0) is 68.6 Å². The highest BCUT2D eigenvalue weighted by Gasteiger charge is 2.09. The van der Waals surface area contributed by atoms with Crippen LogP contribution in [0.1, 0.15) is 10.4 Å². The van der Waals surface area contributed by atoms with E-state index in [0.717, 1.165) is 23.2 Å². The van der Waals surface area contributed by atoms with E-state index >= 15 is 0 Å². The van der Waals surface area contributed by atoms with Crippen molar-refractivity contribution >= 4 is 71.2 Å². The minimum absolute atomic E-state index is 0.105. The zero-order valence-corrected chi connectivity index (χ0v) is 17.0. The molecule has 0 unspecified atom stereocenters. The van der Waals surface area contributed by atoms with Gasteiger partial charge in [0.25, 0.3) is 5.91 Å². The van der Waals surface area contributed by atoms with Gasteiger partial charge in [-0.25, -0.2) is 5.43 Å². The molecule has 1 N–H and O–H groups in total. The van der Waals surface area contributed by atoms with Crippen molar-refractivity contribution in [2.45, 2.75) is 6.92 Å². The van der Waals surface area contributed by atoms with Gasteiger partial charge in [0.05, 0.1) is 14.5 Å². The largest absolute Gasteiger partial charge is 0.482 e. The van der Waals surface area contributed by atoms with Crippen LogP contribution in [0.3, 0.4) is 0 Å². The van der Waals surface area contributed by atoms with Gasteiger partial charge in [0, 0.05) is 9.35 Å². The van der Waals surface area contributed by atoms with Crippen LogP contribution in [0.15, 0.2) is 42.1 Å². The summed E-state index contributed by atoms with van der Waals surface area (Å²) in [7, 11) is 0. The first-order valence-corrected chi connectivity index (χ1v) is 9.31. The van der Waals surface area contributed by atoms with Crippen molar-refractivity contribution in [3.05, 3.63) is 47.4 Å². The molecule has 116 valence electrons. The number of aryl methyl sites for hydroxylation is 1. The zero-order chi connectivity index (χ0) is 16.1. The lowest BCUT2D eigenvalue weighted by atomic mass is 10.2. The van der Waals surface area contributed by atoms with E-state index in [9.17, 15) is 4.79 Å². The molecule has 1 aromatic heterocycles. The van der Waals surface area contributed by atoms with Crippen LogP contribution >= 0.6 is 59.1 Å². The Morgan fingerprint density at radius 1 is 1.36 bits per heavy atom. The SMILES string of the molecule is Cc1cc(Br)cc(Br)c1OCC(=O)NN=Cc1ccc(Br)s1. The molecule has 0 fully saturated rings. The number of ether oxygens (including phenoxy) is 1. The van der Waals surface area contributed by atoms with Crippen LogP contribution in [-0.2, 0) is 4.79 Å². The molecule has 4 nitrogen and oxygen atoms in total. The molecule has 0 radical (unpaired) electrons. The maximum absolute atomic E-state index is 11.7. The molecular formula is C14H11Br3N2O2S. The summed E-state index contributed by atoms with van der Waals surface area (Å²) in [5.41, 5.74) is 3.36. The van der Waals surface area contributed by atoms with Gasteiger partial charge in [-0.2, -0.15) is 5.10 Å². The van der Waals surface area contributed by atoms with E-state index < -0.39 is 0 Å². The third-order valence-electron chi connectivity index (χ3n) is 2.52. The molecule has 2 aromatic rings. The van der Waals surface area contributed by atoms with Crippen LogP contribution in [0.5, 0.6) is 5.75 Å². The normalized spacial score (nSPS) is 10.9. The molecule has 1 aromatic carbocycles. The number of nitrogens with one attached hydrogen (secondary N) is 1. The average Bonchev–Trinajstić information content (AvgIpc) is 2.83. The van der Waals surface area contributed by atoms with Crippen molar-refractivity contribution in [1.29, 1.82) is 0 Å². The van der Waals surface area contributed by atoms with Gasteiger partial charge in [-0.1, -0.05) is 15.9 Å². The predicted molar refractivity (Wildman–Crippen MR) is 99.8 cm³/mol. The first-order chi connectivity index (χ1) is 10.5. The third kappa shape index (κ3) is 5.19. The standard InChI is InChI=1S/C14H11Br3N2O2S/c1-8-4-9(15)5-11(16)14(8)21-7-13(20)19-18-6-10-2-3-12(17)22-10/h2-6H,7H2,1H3,(H,19,20). The Hall–Kier alpha value is -0.700. The van der Waals surface area contributed by atoms with Gasteiger partial charge < -0.3 is 4.74 Å². The second-order valence-corrected chi connectivity index (χ2v) is 8.52. The molecule has 8 heteroatoms. The number of carbonyl (C=O) groups is 1. The molecule has 0 aliphatic carbocycles. The molecule has 1 amide bonds. The van der Waals surface area contributed by atoms with Crippen molar-refractivity contribution in [1.82, 2.24) is 5.43 Å². The Morgan fingerprint density at radius 2 is 2.14 bits per heavy atom. The number of rotatable bonds is 5. The number of hydrazone groups is 1. The Labute approximate surface area is 157 Å². The molecule has 2 rings (SSSR count). The van der Waals surface area contributed by atoms with Gasteiger partial charge in [0.2, 0.25) is 0 Å². The Bertz CT molecular complexity index is 693. The molecule has 0 spiro atoms. The maximum atomic E-state index is 11.7. The van der Waals surface area contributed by atoms with Crippen molar-refractivity contribution in [2.24, 2.45) is 5.10 Å². The average molecular weight is 511 g/mol. The number of hydrogen-bond donors (Lipinski definition) is 1. The van der Waals surface area contributed by atoms with Gasteiger partial charge >= 0.3 is 0 Å². The molecule has 0 saturated heterocycles. The third-order valence-corrected chi connectivity index (χ3v) is 5.12. The van der Waals surface area contributed by atoms with Gasteiger partial charge in [-0.3, -0.25) is 4.79 Å². The molecule has 0 aliphatic heterocycles. The summed E-state index contributed by atoms with van der Waals surface area (Å²) >= 11 is 11.7. The highest BCUT2D eigenvalue weighted by atomic mass is 79.9. The summed E-state index contributed by atoms with van der Waals surface area (Å²) < 4.78 is 8.28. The highest BCUT2D eigenvalue weighted by molar-refractivity contribution is 9.11. The lowest BCUT2D eigenvalue weighted by Gasteiger charge is -2.10. The first kappa shape index (κ1) is 17.7. The summed E-state index contributed by atoms with van der Waals surface area (Å²) in [6, 6.07) is 7.62. The summed E-state index contributed by atoms with van der Waals surface area (Å²) in [6.07, 6.45) is 1.59. The summed E-state index contributed by atoms with van der Waals surface area (Å²) in [5, 5.41) is 3.89. The quantitative estimate of drug-likeness (QED) is 0.461. The summed E-state index contributed by atoms with van der Waals surface area (Å²) in [5.74, 6) is 0.325. The van der Waals surface area contributed by atoms with Gasteiger partial charge in [0.1, 0.15) is 5.75 Å². The molecule has 0 saturated carbocycles. The maximum Gasteiger partial charge on any atom is 0.277 e. The smallest absolute Gasteiger partial charge is 0.277 e. The monoisotopic (exact) mass is 508 g/mol. The Kier molecular flexibility index (Phi) is 6.61. The first-order valence-electron chi connectivity index (χ1n) is 6.11. The molecular weight excluding hydrogens is 500 g/mol. The number of carbonyl (C=O) groups excluding carboxylic acids is 1. The van der Waals surface area contributed by atoms with Crippen molar-refractivity contribution in [3.8, 4) is 5.75 Å². The minimum atomic E-state index is -0.318. The lowest BCUT2D eigenvalue weighted by molar-refractivity contribution is -0.123. The van der Waals surface area contributed by atoms with E-state index in [1.165, 1.54) is 11.3 Å². The molecule has 0 atom stereocenters. The predicted octanol–water partition coefficient (Wildman–Crippen LogP) is 4.87. The summed E-state index contributed by atoms with van der Waals surface area (Å²) in [4.78, 5) is 12.7. The minimum Gasteiger partial charge on any atom is -0.482 e. The topological polar surface area (TPSA) is 50.7 Å². The van der Waals surface area contributed by atoms with Crippen molar-refractivity contribution in [3.63, 3.8) is 0 Å². The number of thiophene rings is 1. The number of benzene rings is 1. The number of nitrogens with zero attached hydrogens (tertiary/aromatic N) is 1. The fourth-order valence-electron chi connectivity index (χ4n) is 1.61. The van der Waals surface area contributed by atoms with Crippen LogP contribution in [0.2, 0.25) is 0 Å². The van der Waals surface area contributed by atoms with Crippen LogP contribution in [0, 0.1) is 6.92 Å². The second kappa shape index (κ2) is 8.24. The highest BCUT2D eigenvalue weighted by Crippen LogP contribution is 2.32. The Balaban J connectivity index is 1.87. The van der Waals surface area contributed by atoms with Crippen LogP contribution < -0.4 is 10.2 Å². The molecule has 1 heterocycles. The van der Waals surface area contributed by atoms with E-state index in [4.69, 9.17) is 4.74 Å². The van der Waals surface area contributed by atoms with Crippen LogP contribution in [0.4, 0.5) is 0 Å². The van der Waals surface area contributed by atoms with Gasteiger partial charge in [-0.15, -0.1) is 11.3 Å². The molecule has 22 heavy (non-hydrogen) atoms. The van der Waals surface area contributed by atoms with E-state index in [1.807, 2.05) is 31.2 Å². The molecule has 0 aliphatic rings. The number of halogens is 3.